The largest absolute Gasteiger partial charge is 0.497 e. The van der Waals surface area contributed by atoms with E-state index in [-0.39, 0.29) is 0 Å². The second-order valence-electron chi connectivity index (χ2n) is 4.64. The van der Waals surface area contributed by atoms with Gasteiger partial charge in [-0.2, -0.15) is 4.98 Å². The van der Waals surface area contributed by atoms with E-state index >= 15 is 0 Å². The summed E-state index contributed by atoms with van der Waals surface area (Å²) < 4.78 is 10.7. The molecule has 0 aliphatic heterocycles. The molecule has 0 unspecified atom stereocenters. The maximum absolute atomic E-state index is 5.84. The lowest BCUT2D eigenvalue weighted by molar-refractivity contribution is 0.307. The minimum Gasteiger partial charge on any atom is -0.497 e. The fourth-order valence-electron chi connectivity index (χ4n) is 1.80. The van der Waals surface area contributed by atoms with Crippen molar-refractivity contribution in [1.82, 2.24) is 4.98 Å². The third-order valence-corrected chi connectivity index (χ3v) is 2.97. The van der Waals surface area contributed by atoms with Crippen LogP contribution >= 0.6 is 0 Å². The number of ether oxygens (including phenoxy) is 2. The van der Waals surface area contributed by atoms with Gasteiger partial charge in [0.05, 0.1) is 19.4 Å². The summed E-state index contributed by atoms with van der Waals surface area (Å²) in [6.45, 7) is 3.33. The van der Waals surface area contributed by atoms with Gasteiger partial charge in [-0.1, -0.05) is 19.1 Å². The summed E-state index contributed by atoms with van der Waals surface area (Å²) in [4.78, 5) is 4.38. The van der Waals surface area contributed by atoms with Gasteiger partial charge in [0.2, 0.25) is 5.88 Å². The van der Waals surface area contributed by atoms with E-state index in [0.717, 1.165) is 23.6 Å². The van der Waals surface area contributed by atoms with Crippen molar-refractivity contribution in [1.29, 1.82) is 0 Å². The Morgan fingerprint density at radius 1 is 1.14 bits per heavy atom. The second-order valence-corrected chi connectivity index (χ2v) is 4.64. The van der Waals surface area contributed by atoms with E-state index in [1.54, 1.807) is 13.2 Å². The van der Waals surface area contributed by atoms with Crippen LogP contribution < -0.4 is 20.5 Å². The van der Waals surface area contributed by atoms with Gasteiger partial charge in [0, 0.05) is 6.54 Å². The van der Waals surface area contributed by atoms with Gasteiger partial charge in [-0.15, -0.1) is 0 Å². The van der Waals surface area contributed by atoms with Crippen LogP contribution in [0.5, 0.6) is 11.6 Å². The van der Waals surface area contributed by atoms with Gasteiger partial charge in [-0.3, -0.25) is 0 Å². The number of anilines is 2. The van der Waals surface area contributed by atoms with Gasteiger partial charge in [-0.05, 0) is 36.2 Å². The summed E-state index contributed by atoms with van der Waals surface area (Å²) in [6.07, 6.45) is 0.921. The lowest BCUT2D eigenvalue weighted by atomic mass is 10.2. The minimum atomic E-state index is 0.483. The maximum Gasteiger partial charge on any atom is 0.239 e. The number of rotatable bonds is 7. The Bertz CT molecular complexity index is 570. The van der Waals surface area contributed by atoms with Gasteiger partial charge in [0.25, 0.3) is 0 Å². The Morgan fingerprint density at radius 3 is 2.57 bits per heavy atom. The molecule has 0 saturated carbocycles. The molecule has 1 aromatic carbocycles. The van der Waals surface area contributed by atoms with E-state index in [0.29, 0.717) is 24.7 Å². The molecule has 3 N–H and O–H groups in total. The van der Waals surface area contributed by atoms with Crippen molar-refractivity contribution in [3.05, 3.63) is 42.0 Å². The topological polar surface area (TPSA) is 69.4 Å². The highest BCUT2D eigenvalue weighted by Gasteiger charge is 2.04. The molecular formula is C16H21N3O2. The van der Waals surface area contributed by atoms with Crippen LogP contribution in [-0.4, -0.2) is 18.7 Å². The molecule has 0 bridgehead atoms. The van der Waals surface area contributed by atoms with Gasteiger partial charge in [-0.25, -0.2) is 0 Å². The van der Waals surface area contributed by atoms with Crippen LogP contribution in [-0.2, 0) is 6.54 Å². The van der Waals surface area contributed by atoms with Gasteiger partial charge in [0.15, 0.2) is 0 Å². The summed E-state index contributed by atoms with van der Waals surface area (Å²) in [5.74, 6) is 2.07. The predicted molar refractivity (Wildman–Crippen MR) is 84.8 cm³/mol. The minimum absolute atomic E-state index is 0.483. The summed E-state index contributed by atoms with van der Waals surface area (Å²) in [5.41, 5.74) is 7.54. The van der Waals surface area contributed by atoms with Crippen LogP contribution in [0.4, 0.5) is 11.5 Å². The van der Waals surface area contributed by atoms with Crippen LogP contribution in [0, 0.1) is 0 Å². The summed E-state index contributed by atoms with van der Waals surface area (Å²) in [7, 11) is 1.66. The molecule has 2 aromatic rings. The van der Waals surface area contributed by atoms with Crippen molar-refractivity contribution < 1.29 is 9.47 Å². The number of methoxy groups -OCH3 is 1. The molecule has 5 heteroatoms. The number of hydrogen-bond donors (Lipinski definition) is 2. The quantitative estimate of drug-likeness (QED) is 0.819. The van der Waals surface area contributed by atoms with Crippen LogP contribution in [0.2, 0.25) is 0 Å². The molecule has 0 radical (unpaired) electrons. The highest BCUT2D eigenvalue weighted by Crippen LogP contribution is 2.21. The normalized spacial score (nSPS) is 10.2. The Kier molecular flexibility index (Phi) is 5.26. The number of hydrogen-bond acceptors (Lipinski definition) is 5. The molecule has 0 fully saturated rings. The third kappa shape index (κ3) is 4.27. The summed E-state index contributed by atoms with van der Waals surface area (Å²) in [5, 5.41) is 3.25. The van der Waals surface area contributed by atoms with Crippen molar-refractivity contribution in [2.45, 2.75) is 19.9 Å². The highest BCUT2D eigenvalue weighted by molar-refractivity contribution is 5.53. The van der Waals surface area contributed by atoms with Crippen LogP contribution in [0.3, 0.4) is 0 Å². The smallest absolute Gasteiger partial charge is 0.239 e. The predicted octanol–water partition coefficient (Wildman–Crippen LogP) is 3.07. The zero-order chi connectivity index (χ0) is 15.1. The van der Waals surface area contributed by atoms with E-state index in [1.807, 2.05) is 37.3 Å². The van der Waals surface area contributed by atoms with Crippen molar-refractivity contribution >= 4 is 11.5 Å². The van der Waals surface area contributed by atoms with Gasteiger partial charge in [0.1, 0.15) is 11.6 Å². The first-order chi connectivity index (χ1) is 10.2. The Morgan fingerprint density at radius 2 is 1.90 bits per heavy atom. The lowest BCUT2D eigenvalue weighted by Crippen LogP contribution is -2.05. The first-order valence-electron chi connectivity index (χ1n) is 6.99. The Labute approximate surface area is 125 Å². The zero-order valence-corrected chi connectivity index (χ0v) is 12.4. The molecule has 112 valence electrons. The number of pyridine rings is 1. The Balaban J connectivity index is 1.98. The van der Waals surface area contributed by atoms with E-state index in [9.17, 15) is 0 Å². The van der Waals surface area contributed by atoms with Crippen molar-refractivity contribution in [3.63, 3.8) is 0 Å². The Hall–Kier alpha value is -2.43. The van der Waals surface area contributed by atoms with Gasteiger partial charge >= 0.3 is 0 Å². The number of benzene rings is 1. The van der Waals surface area contributed by atoms with E-state index in [2.05, 4.69) is 10.3 Å². The monoisotopic (exact) mass is 287 g/mol. The summed E-state index contributed by atoms with van der Waals surface area (Å²) >= 11 is 0. The average molecular weight is 287 g/mol. The number of nitrogens with one attached hydrogen (secondary N) is 1. The van der Waals surface area contributed by atoms with Crippen LogP contribution in [0.25, 0.3) is 0 Å². The first-order valence-corrected chi connectivity index (χ1v) is 6.99. The van der Waals surface area contributed by atoms with Crippen LogP contribution in [0.15, 0.2) is 36.4 Å². The van der Waals surface area contributed by atoms with Gasteiger partial charge < -0.3 is 20.5 Å². The average Bonchev–Trinajstić information content (AvgIpc) is 2.53. The molecule has 1 aromatic heterocycles. The number of nitrogens with two attached hydrogens (primary N) is 1. The SMILES string of the molecule is CCCOc1nc(NCc2ccc(OC)cc2)ccc1N. The molecule has 0 aliphatic rings. The lowest BCUT2D eigenvalue weighted by Gasteiger charge is -2.10. The number of nitrogen functional groups attached to an aromatic ring is 1. The second kappa shape index (κ2) is 7.38. The fourth-order valence-corrected chi connectivity index (χ4v) is 1.80. The molecule has 0 spiro atoms. The molecule has 0 atom stereocenters. The molecule has 1 heterocycles. The highest BCUT2D eigenvalue weighted by atomic mass is 16.5. The third-order valence-electron chi connectivity index (χ3n) is 2.97. The molecular weight excluding hydrogens is 266 g/mol. The first kappa shape index (κ1) is 15.0. The number of nitrogens with zero attached hydrogens (tertiary/aromatic N) is 1. The number of aromatic nitrogens is 1. The standard InChI is InChI=1S/C16H21N3O2/c1-3-10-21-16-14(17)8-9-15(19-16)18-11-12-4-6-13(20-2)7-5-12/h4-9H,3,10-11,17H2,1-2H3,(H,18,19). The zero-order valence-electron chi connectivity index (χ0n) is 12.4. The van der Waals surface area contributed by atoms with Crippen molar-refractivity contribution in [2.24, 2.45) is 0 Å². The van der Waals surface area contributed by atoms with Crippen LogP contribution in [0.1, 0.15) is 18.9 Å². The van der Waals surface area contributed by atoms with E-state index in [4.69, 9.17) is 15.2 Å². The van der Waals surface area contributed by atoms with Crippen molar-refractivity contribution in [3.8, 4) is 11.6 Å². The van der Waals surface area contributed by atoms with Crippen molar-refractivity contribution in [2.75, 3.05) is 24.8 Å². The van der Waals surface area contributed by atoms with E-state index < -0.39 is 0 Å². The molecule has 0 saturated heterocycles. The maximum atomic E-state index is 5.84. The molecule has 21 heavy (non-hydrogen) atoms. The fraction of sp³-hybridized carbons (Fsp3) is 0.312. The molecule has 0 aliphatic carbocycles. The molecule has 2 rings (SSSR count). The molecule has 5 nitrogen and oxygen atoms in total. The molecule has 0 amide bonds. The van der Waals surface area contributed by atoms with E-state index in [1.165, 1.54) is 0 Å². The summed E-state index contributed by atoms with van der Waals surface area (Å²) in [6, 6.07) is 11.5.